The Labute approximate surface area is 302 Å². The van der Waals surface area contributed by atoms with Crippen molar-refractivity contribution in [3.05, 3.63) is 59.7 Å². The summed E-state index contributed by atoms with van der Waals surface area (Å²) in [7, 11) is -2.29. The number of carbonyl (C=O) groups is 3. The van der Waals surface area contributed by atoms with Crippen LogP contribution in [0.4, 0.5) is 23.7 Å². The summed E-state index contributed by atoms with van der Waals surface area (Å²) in [5.41, 5.74) is 1.62. The summed E-state index contributed by atoms with van der Waals surface area (Å²) >= 11 is 0. The molecule has 2 aromatic carbocycles. The summed E-state index contributed by atoms with van der Waals surface area (Å²) in [4.78, 5) is 40.8. The predicted molar refractivity (Wildman–Crippen MR) is 195 cm³/mol. The van der Waals surface area contributed by atoms with Gasteiger partial charge in [-0.2, -0.15) is 0 Å². The summed E-state index contributed by atoms with van der Waals surface area (Å²) in [6.45, 7) is 19.8. The van der Waals surface area contributed by atoms with Crippen molar-refractivity contribution >= 4 is 31.9 Å². The Morgan fingerprint density at radius 3 is 2.00 bits per heavy atom. The van der Waals surface area contributed by atoms with Gasteiger partial charge in [-0.1, -0.05) is 53.7 Å². The average molecular weight is 736 g/mol. The molecule has 0 heterocycles. The number of nitrogens with zero attached hydrogens (tertiary/aromatic N) is 1. The van der Waals surface area contributed by atoms with Crippen LogP contribution in [0.15, 0.2) is 48.5 Å². The quantitative estimate of drug-likeness (QED) is 0.157. The molecule has 3 amide bonds. The summed E-state index contributed by atoms with van der Waals surface area (Å²) in [6.07, 6.45) is -1.37. The Morgan fingerprint density at radius 1 is 0.902 bits per heavy atom. The molecule has 3 rings (SSSR count). The molecule has 0 aromatic heterocycles. The number of amides is 3. The minimum Gasteiger partial charge on any atom is -0.466 e. The van der Waals surface area contributed by atoms with Gasteiger partial charge in [0, 0.05) is 23.8 Å². The van der Waals surface area contributed by atoms with Crippen molar-refractivity contribution in [2.45, 2.75) is 117 Å². The highest BCUT2D eigenvalue weighted by molar-refractivity contribution is 6.74. The smallest absolute Gasteiger partial charge is 0.466 e. The first-order valence-electron chi connectivity index (χ1n) is 17.7. The van der Waals surface area contributed by atoms with E-state index in [1.165, 1.54) is 12.1 Å². The molecule has 1 aliphatic carbocycles. The van der Waals surface area contributed by atoms with E-state index in [2.05, 4.69) is 70.0 Å². The highest BCUT2D eigenvalue weighted by atomic mass is 28.4. The van der Waals surface area contributed by atoms with Gasteiger partial charge in [0.1, 0.15) is 5.75 Å². The SMILES string of the molecule is CCOC(=O)CCNC(=O)c1ccc(C(CO[Si](C)(C)C(C)(C)C)N(C(=O)Nc2ccc(OC(F)(F)F)cc2)C2CCC(C(C)(C)C)CC2)cc1. The van der Waals surface area contributed by atoms with Crippen LogP contribution in [0, 0.1) is 11.3 Å². The van der Waals surface area contributed by atoms with Crippen LogP contribution >= 0.6 is 0 Å². The molecule has 0 saturated heterocycles. The summed E-state index contributed by atoms with van der Waals surface area (Å²) < 4.78 is 54.0. The Hall–Kier alpha value is -3.58. The highest BCUT2D eigenvalue weighted by Crippen LogP contribution is 2.42. The lowest BCUT2D eigenvalue weighted by atomic mass is 9.71. The monoisotopic (exact) mass is 735 g/mol. The maximum Gasteiger partial charge on any atom is 0.573 e. The zero-order valence-corrected chi connectivity index (χ0v) is 32.5. The fourth-order valence-corrected chi connectivity index (χ4v) is 7.03. The zero-order valence-electron chi connectivity index (χ0n) is 31.5. The third kappa shape index (κ3) is 12.6. The molecule has 1 fully saturated rings. The Bertz CT molecular complexity index is 1450. The van der Waals surface area contributed by atoms with Crippen molar-refractivity contribution < 1.29 is 41.5 Å². The maximum absolute atomic E-state index is 14.4. The van der Waals surface area contributed by atoms with Crippen molar-refractivity contribution in [3.63, 3.8) is 0 Å². The van der Waals surface area contributed by atoms with E-state index >= 15 is 0 Å². The second-order valence-corrected chi connectivity index (χ2v) is 20.6. The van der Waals surface area contributed by atoms with Crippen LogP contribution < -0.4 is 15.4 Å². The van der Waals surface area contributed by atoms with Crippen LogP contribution in [0.3, 0.4) is 0 Å². The van der Waals surface area contributed by atoms with Crippen LogP contribution in [0.25, 0.3) is 0 Å². The molecule has 2 N–H and O–H groups in total. The van der Waals surface area contributed by atoms with E-state index in [-0.39, 0.29) is 54.3 Å². The third-order valence-electron chi connectivity index (χ3n) is 10.1. The van der Waals surface area contributed by atoms with Crippen molar-refractivity contribution in [1.29, 1.82) is 0 Å². The van der Waals surface area contributed by atoms with Crippen molar-refractivity contribution in [3.8, 4) is 5.75 Å². The molecule has 0 bridgehead atoms. The lowest BCUT2D eigenvalue weighted by Gasteiger charge is -2.45. The summed E-state index contributed by atoms with van der Waals surface area (Å²) in [6, 6.07) is 11.0. The van der Waals surface area contributed by atoms with Gasteiger partial charge in [0.2, 0.25) is 0 Å². The molecule has 13 heteroatoms. The van der Waals surface area contributed by atoms with Crippen LogP contribution in [0.1, 0.15) is 103 Å². The van der Waals surface area contributed by atoms with E-state index in [1.54, 1.807) is 19.1 Å². The molecular formula is C38H56F3N3O6Si. The van der Waals surface area contributed by atoms with Gasteiger partial charge in [-0.15, -0.1) is 13.2 Å². The van der Waals surface area contributed by atoms with Crippen LogP contribution in [-0.4, -0.2) is 63.3 Å². The highest BCUT2D eigenvalue weighted by Gasteiger charge is 2.41. The number of carbonyl (C=O) groups excluding carboxylic acids is 3. The van der Waals surface area contributed by atoms with Gasteiger partial charge in [-0.3, -0.25) is 9.59 Å². The number of nitrogens with one attached hydrogen (secondary N) is 2. The molecule has 51 heavy (non-hydrogen) atoms. The van der Waals surface area contributed by atoms with Gasteiger partial charge in [0.25, 0.3) is 5.91 Å². The number of esters is 1. The molecule has 284 valence electrons. The van der Waals surface area contributed by atoms with E-state index in [0.717, 1.165) is 43.4 Å². The molecule has 0 aliphatic heterocycles. The van der Waals surface area contributed by atoms with E-state index in [9.17, 15) is 27.6 Å². The minimum atomic E-state index is -4.83. The second kappa shape index (κ2) is 17.3. The normalized spacial score (nSPS) is 17.6. The fraction of sp³-hybridized carbons (Fsp3) is 0.605. The van der Waals surface area contributed by atoms with E-state index in [1.807, 2.05) is 17.0 Å². The molecule has 1 aliphatic rings. The number of hydrogen-bond acceptors (Lipinski definition) is 6. The average Bonchev–Trinajstić information content (AvgIpc) is 3.02. The van der Waals surface area contributed by atoms with Crippen molar-refractivity contribution in [1.82, 2.24) is 10.2 Å². The van der Waals surface area contributed by atoms with Gasteiger partial charge in [-0.25, -0.2) is 4.79 Å². The first-order valence-corrected chi connectivity index (χ1v) is 20.6. The molecule has 2 aromatic rings. The number of benzene rings is 2. The number of alkyl halides is 3. The van der Waals surface area contributed by atoms with Gasteiger partial charge in [-0.05, 0) is 104 Å². The molecule has 1 unspecified atom stereocenters. The number of anilines is 1. The first kappa shape index (κ1) is 41.8. The topological polar surface area (TPSA) is 106 Å². The van der Waals surface area contributed by atoms with Crippen molar-refractivity contribution in [2.75, 3.05) is 25.1 Å². The lowest BCUT2D eigenvalue weighted by Crippen LogP contribution is -2.50. The summed E-state index contributed by atoms with van der Waals surface area (Å²) in [5.74, 6) is -0.627. The predicted octanol–water partition coefficient (Wildman–Crippen LogP) is 9.47. The van der Waals surface area contributed by atoms with Crippen molar-refractivity contribution in [2.24, 2.45) is 11.3 Å². The van der Waals surface area contributed by atoms with Crippen LogP contribution in [0.2, 0.25) is 18.1 Å². The third-order valence-corrected chi connectivity index (χ3v) is 14.6. The van der Waals surface area contributed by atoms with E-state index in [4.69, 9.17) is 9.16 Å². The second-order valence-electron chi connectivity index (χ2n) is 15.8. The molecular weight excluding hydrogens is 680 g/mol. The number of halogens is 3. The van der Waals surface area contributed by atoms with Gasteiger partial charge < -0.3 is 29.4 Å². The van der Waals surface area contributed by atoms with Crippen LogP contribution in [0.5, 0.6) is 5.75 Å². The first-order chi connectivity index (χ1) is 23.6. The maximum atomic E-state index is 14.4. The number of urea groups is 1. The van der Waals surface area contributed by atoms with E-state index in [0.29, 0.717) is 17.2 Å². The lowest BCUT2D eigenvalue weighted by molar-refractivity contribution is -0.274. The minimum absolute atomic E-state index is 0.0597. The molecule has 0 radical (unpaired) electrons. The zero-order chi connectivity index (χ0) is 38.2. The largest absolute Gasteiger partial charge is 0.573 e. The van der Waals surface area contributed by atoms with Gasteiger partial charge in [0.05, 0.1) is 25.7 Å². The molecule has 0 spiro atoms. The number of ether oxygens (including phenoxy) is 2. The molecule has 1 atom stereocenters. The Kier molecular flexibility index (Phi) is 14.2. The van der Waals surface area contributed by atoms with Crippen LogP contribution in [-0.2, 0) is 14.0 Å². The standard InChI is InChI=1S/C38H56F3N3O6Si/c1-10-48-33(45)23-24-42-34(46)27-13-11-26(12-14-27)32(25-49-51(8,9)37(5,6)7)44(30-19-15-28(16-20-30)36(2,3)4)35(47)43-29-17-21-31(22-18-29)50-38(39,40)41/h11-14,17-18,21-22,28,30,32H,10,15-16,19-20,23-25H2,1-9H3,(H,42,46)(H,43,47). The summed E-state index contributed by atoms with van der Waals surface area (Å²) in [5, 5.41) is 5.57. The van der Waals surface area contributed by atoms with E-state index < -0.39 is 32.7 Å². The van der Waals surface area contributed by atoms with Gasteiger partial charge in [0.15, 0.2) is 8.32 Å². The Balaban J connectivity index is 1.97. The number of rotatable bonds is 13. The fourth-order valence-electron chi connectivity index (χ4n) is 6.02. The molecule has 1 saturated carbocycles. The number of hydrogen-bond donors (Lipinski definition) is 2. The Morgan fingerprint density at radius 2 is 1.49 bits per heavy atom. The van der Waals surface area contributed by atoms with Gasteiger partial charge >= 0.3 is 18.4 Å². The molecule has 9 nitrogen and oxygen atoms in total.